The van der Waals surface area contributed by atoms with Crippen LogP contribution in [0.2, 0.25) is 0 Å². The molecule has 3 amide bonds. The molecule has 0 radical (unpaired) electrons. The van der Waals surface area contributed by atoms with Gasteiger partial charge in [-0.3, -0.25) is 14.4 Å². The van der Waals surface area contributed by atoms with E-state index in [1.54, 1.807) is 11.9 Å². The SMILES string of the molecule is CN1C(=O)C(C)(C)c2cc(CCNC(=O)C3CCC(=O)N3)ccc21. The fraction of sp³-hybridized carbons (Fsp3) is 0.500. The molecule has 6 heteroatoms. The lowest BCUT2D eigenvalue weighted by atomic mass is 9.85. The van der Waals surface area contributed by atoms with E-state index in [9.17, 15) is 14.4 Å². The van der Waals surface area contributed by atoms with E-state index in [0.717, 1.165) is 16.8 Å². The Balaban J connectivity index is 1.61. The van der Waals surface area contributed by atoms with Gasteiger partial charge in [0.1, 0.15) is 6.04 Å². The number of carbonyl (C=O) groups excluding carboxylic acids is 3. The first-order valence-electron chi connectivity index (χ1n) is 8.29. The van der Waals surface area contributed by atoms with Crippen LogP contribution in [0.4, 0.5) is 5.69 Å². The highest BCUT2D eigenvalue weighted by molar-refractivity contribution is 6.07. The molecule has 1 aromatic carbocycles. The van der Waals surface area contributed by atoms with Gasteiger partial charge in [0, 0.05) is 25.7 Å². The Labute approximate surface area is 141 Å². The molecule has 0 aromatic heterocycles. The second-order valence-corrected chi connectivity index (χ2v) is 7.04. The number of hydrogen-bond acceptors (Lipinski definition) is 3. The van der Waals surface area contributed by atoms with Crippen LogP contribution in [0, 0.1) is 0 Å². The number of rotatable bonds is 4. The first kappa shape index (κ1) is 16.5. The maximum absolute atomic E-state index is 12.3. The van der Waals surface area contributed by atoms with Crippen molar-refractivity contribution in [3.63, 3.8) is 0 Å². The van der Waals surface area contributed by atoms with Gasteiger partial charge in [-0.2, -0.15) is 0 Å². The van der Waals surface area contributed by atoms with Gasteiger partial charge in [0.05, 0.1) is 5.41 Å². The van der Waals surface area contributed by atoms with Gasteiger partial charge >= 0.3 is 0 Å². The molecule has 2 aliphatic rings. The second-order valence-electron chi connectivity index (χ2n) is 7.04. The molecule has 0 saturated carbocycles. The monoisotopic (exact) mass is 329 g/mol. The van der Waals surface area contributed by atoms with Gasteiger partial charge in [-0.05, 0) is 43.9 Å². The van der Waals surface area contributed by atoms with Gasteiger partial charge in [0.15, 0.2) is 0 Å². The second kappa shape index (κ2) is 5.92. The highest BCUT2D eigenvalue weighted by atomic mass is 16.2. The zero-order chi connectivity index (χ0) is 17.5. The van der Waals surface area contributed by atoms with Gasteiger partial charge in [0.2, 0.25) is 17.7 Å². The third-order valence-corrected chi connectivity index (χ3v) is 4.96. The van der Waals surface area contributed by atoms with E-state index in [-0.39, 0.29) is 17.7 Å². The number of hydrogen-bond donors (Lipinski definition) is 2. The summed E-state index contributed by atoms with van der Waals surface area (Å²) in [4.78, 5) is 37.1. The first-order valence-corrected chi connectivity index (χ1v) is 8.29. The zero-order valence-corrected chi connectivity index (χ0v) is 14.3. The molecule has 1 unspecified atom stereocenters. The summed E-state index contributed by atoms with van der Waals surface area (Å²) in [5.41, 5.74) is 2.55. The molecule has 1 fully saturated rings. The Kier molecular flexibility index (Phi) is 4.07. The number of likely N-dealkylation sites (N-methyl/N-ethyl adjacent to an activating group) is 1. The van der Waals surface area contributed by atoms with Crippen LogP contribution in [0.25, 0.3) is 0 Å². The van der Waals surface area contributed by atoms with Crippen LogP contribution in [0.15, 0.2) is 18.2 Å². The molecule has 2 heterocycles. The van der Waals surface area contributed by atoms with E-state index in [0.29, 0.717) is 25.8 Å². The molecule has 6 nitrogen and oxygen atoms in total. The standard InChI is InChI=1S/C18H23N3O3/c1-18(2)12-10-11(4-6-14(12)21(3)17(18)24)8-9-19-16(23)13-5-7-15(22)20-13/h4,6,10,13H,5,7-9H2,1-3H3,(H,19,23)(H,20,22). The molecule has 1 aromatic rings. The number of nitrogens with one attached hydrogen (secondary N) is 2. The van der Waals surface area contributed by atoms with Crippen molar-refractivity contribution in [3.8, 4) is 0 Å². The minimum absolute atomic E-state index is 0.0650. The molecule has 2 aliphatic heterocycles. The Morgan fingerprint density at radius 3 is 2.79 bits per heavy atom. The van der Waals surface area contributed by atoms with Crippen LogP contribution in [-0.4, -0.2) is 37.4 Å². The Hall–Kier alpha value is -2.37. The molecular weight excluding hydrogens is 306 g/mol. The topological polar surface area (TPSA) is 78.5 Å². The van der Waals surface area contributed by atoms with Gasteiger partial charge in [-0.1, -0.05) is 12.1 Å². The predicted molar refractivity (Wildman–Crippen MR) is 90.8 cm³/mol. The fourth-order valence-corrected chi connectivity index (χ4v) is 3.44. The first-order chi connectivity index (χ1) is 11.3. The average Bonchev–Trinajstić information content (AvgIpc) is 3.05. The lowest BCUT2D eigenvalue weighted by molar-refractivity contribution is -0.125. The third-order valence-electron chi connectivity index (χ3n) is 4.96. The predicted octanol–water partition coefficient (Wildman–Crippen LogP) is 0.878. The van der Waals surface area contributed by atoms with Crippen LogP contribution in [0.3, 0.4) is 0 Å². The highest BCUT2D eigenvalue weighted by Crippen LogP contribution is 2.41. The van der Waals surface area contributed by atoms with E-state index in [1.165, 1.54) is 0 Å². The molecule has 3 rings (SSSR count). The molecule has 2 N–H and O–H groups in total. The summed E-state index contributed by atoms with van der Waals surface area (Å²) in [6.45, 7) is 4.38. The third kappa shape index (κ3) is 2.77. The normalized spacial score (nSPS) is 21.6. The van der Waals surface area contributed by atoms with Gasteiger partial charge in [-0.15, -0.1) is 0 Å². The van der Waals surface area contributed by atoms with Crippen molar-refractivity contribution in [2.45, 2.75) is 44.6 Å². The summed E-state index contributed by atoms with van der Waals surface area (Å²) in [5, 5.41) is 5.53. The fourth-order valence-electron chi connectivity index (χ4n) is 3.44. The van der Waals surface area contributed by atoms with Crippen molar-refractivity contribution >= 4 is 23.4 Å². The molecule has 0 bridgehead atoms. The molecule has 0 aliphatic carbocycles. The number of anilines is 1. The van der Waals surface area contributed by atoms with Crippen molar-refractivity contribution in [2.75, 3.05) is 18.5 Å². The largest absolute Gasteiger partial charge is 0.354 e. The van der Waals surface area contributed by atoms with Crippen molar-refractivity contribution in [1.82, 2.24) is 10.6 Å². The summed E-state index contributed by atoms with van der Waals surface area (Å²) in [7, 11) is 1.80. The van der Waals surface area contributed by atoms with Gasteiger partial charge in [0.25, 0.3) is 0 Å². The summed E-state index contributed by atoms with van der Waals surface area (Å²) >= 11 is 0. The summed E-state index contributed by atoms with van der Waals surface area (Å²) in [6.07, 6.45) is 1.67. The van der Waals surface area contributed by atoms with E-state index >= 15 is 0 Å². The number of amides is 3. The molecule has 24 heavy (non-hydrogen) atoms. The number of nitrogens with zero attached hydrogens (tertiary/aromatic N) is 1. The minimum Gasteiger partial charge on any atom is -0.354 e. The summed E-state index contributed by atoms with van der Waals surface area (Å²) in [5.74, 6) is -0.0954. The van der Waals surface area contributed by atoms with Gasteiger partial charge < -0.3 is 15.5 Å². The van der Waals surface area contributed by atoms with Crippen LogP contribution >= 0.6 is 0 Å². The van der Waals surface area contributed by atoms with Crippen molar-refractivity contribution in [2.24, 2.45) is 0 Å². The van der Waals surface area contributed by atoms with E-state index in [1.807, 2.05) is 26.0 Å². The van der Waals surface area contributed by atoms with E-state index in [4.69, 9.17) is 0 Å². The van der Waals surface area contributed by atoms with Crippen molar-refractivity contribution in [3.05, 3.63) is 29.3 Å². The van der Waals surface area contributed by atoms with Crippen LogP contribution in [0.5, 0.6) is 0 Å². The summed E-state index contributed by atoms with van der Waals surface area (Å²) in [6, 6.07) is 5.62. The maximum atomic E-state index is 12.3. The van der Waals surface area contributed by atoms with Crippen LogP contribution in [0.1, 0.15) is 37.8 Å². The van der Waals surface area contributed by atoms with Crippen LogP contribution < -0.4 is 15.5 Å². The Bertz CT molecular complexity index is 711. The molecule has 128 valence electrons. The highest BCUT2D eigenvalue weighted by Gasteiger charge is 2.42. The quantitative estimate of drug-likeness (QED) is 0.861. The lowest BCUT2D eigenvalue weighted by Gasteiger charge is -2.17. The molecule has 0 spiro atoms. The van der Waals surface area contributed by atoms with Gasteiger partial charge in [-0.25, -0.2) is 0 Å². The van der Waals surface area contributed by atoms with Crippen molar-refractivity contribution < 1.29 is 14.4 Å². The number of benzene rings is 1. The molecular formula is C18H23N3O3. The van der Waals surface area contributed by atoms with Crippen molar-refractivity contribution in [1.29, 1.82) is 0 Å². The van der Waals surface area contributed by atoms with Crippen LogP contribution in [-0.2, 0) is 26.2 Å². The maximum Gasteiger partial charge on any atom is 0.242 e. The Morgan fingerprint density at radius 2 is 2.12 bits per heavy atom. The number of fused-ring (bicyclic) bond motifs is 1. The smallest absolute Gasteiger partial charge is 0.242 e. The lowest BCUT2D eigenvalue weighted by Crippen LogP contribution is -2.42. The summed E-state index contributed by atoms with van der Waals surface area (Å²) < 4.78 is 0. The Morgan fingerprint density at radius 1 is 1.38 bits per heavy atom. The molecule has 1 atom stereocenters. The van der Waals surface area contributed by atoms with E-state index in [2.05, 4.69) is 16.7 Å². The zero-order valence-electron chi connectivity index (χ0n) is 14.3. The number of carbonyl (C=O) groups is 3. The van der Waals surface area contributed by atoms with E-state index < -0.39 is 11.5 Å². The molecule has 1 saturated heterocycles. The minimum atomic E-state index is -0.516. The average molecular weight is 329 g/mol.